The number of anilines is 1. The fourth-order valence-electron chi connectivity index (χ4n) is 1.69. The van der Waals surface area contributed by atoms with Gasteiger partial charge in [0.25, 0.3) is 5.91 Å². The van der Waals surface area contributed by atoms with Gasteiger partial charge in [0, 0.05) is 14.6 Å². The Morgan fingerprint density at radius 3 is 2.60 bits per heavy atom. The molecule has 0 aliphatic heterocycles. The molecule has 2 aromatic rings. The van der Waals surface area contributed by atoms with Crippen LogP contribution in [0.2, 0.25) is 0 Å². The highest BCUT2D eigenvalue weighted by atomic mass is 79.9. The molecular weight excluding hydrogens is 384 g/mol. The summed E-state index contributed by atoms with van der Waals surface area (Å²) in [5.74, 6) is -0.220. The highest BCUT2D eigenvalue weighted by Gasteiger charge is 2.12. The van der Waals surface area contributed by atoms with Crippen LogP contribution in [0.15, 0.2) is 45.3 Å². The van der Waals surface area contributed by atoms with Gasteiger partial charge in [-0.15, -0.1) is 0 Å². The number of halogens is 2. The Labute approximate surface area is 133 Å². The Kier molecular flexibility index (Phi) is 4.58. The molecule has 2 rings (SSSR count). The number of hydrogen-bond acceptors (Lipinski definition) is 2. The van der Waals surface area contributed by atoms with Crippen LogP contribution in [0.25, 0.3) is 0 Å². The topological polar surface area (TPSA) is 52.9 Å². The highest BCUT2D eigenvalue weighted by molar-refractivity contribution is 9.11. The van der Waals surface area contributed by atoms with E-state index in [-0.39, 0.29) is 5.91 Å². The van der Waals surface area contributed by atoms with Gasteiger partial charge in [-0.1, -0.05) is 22.0 Å². The van der Waals surface area contributed by atoms with Gasteiger partial charge in [-0.25, -0.2) is 0 Å². The van der Waals surface area contributed by atoms with Crippen molar-refractivity contribution < 1.29 is 4.79 Å². The van der Waals surface area contributed by atoms with Crippen LogP contribution in [0.3, 0.4) is 0 Å². The molecule has 0 unspecified atom stereocenters. The second kappa shape index (κ2) is 6.21. The van der Waals surface area contributed by atoms with E-state index in [9.17, 15) is 4.79 Å². The minimum atomic E-state index is -0.220. The minimum Gasteiger partial charge on any atom is -0.322 e. The lowest BCUT2D eigenvalue weighted by atomic mass is 10.1. The monoisotopic (exact) mass is 392 g/mol. The first-order chi connectivity index (χ1) is 9.51. The molecule has 0 fully saturated rings. The van der Waals surface area contributed by atoms with E-state index >= 15 is 0 Å². The molecule has 20 heavy (non-hydrogen) atoms. The van der Waals surface area contributed by atoms with Crippen molar-refractivity contribution in [3.05, 3.63) is 62.0 Å². The molecule has 0 aromatic heterocycles. The lowest BCUT2D eigenvalue weighted by Crippen LogP contribution is -2.13. The average Bonchev–Trinajstić information content (AvgIpc) is 2.41. The van der Waals surface area contributed by atoms with Crippen molar-refractivity contribution in [2.45, 2.75) is 6.92 Å². The number of carbonyl (C=O) groups excluding carboxylic acids is 1. The number of benzene rings is 2. The SMILES string of the molecule is Cc1ccc(C#N)cc1NC(=O)c1ccc(Br)cc1Br. The van der Waals surface area contributed by atoms with Crippen LogP contribution in [0.1, 0.15) is 21.5 Å². The second-order valence-electron chi connectivity index (χ2n) is 4.22. The van der Waals surface area contributed by atoms with Crippen LogP contribution < -0.4 is 5.32 Å². The first-order valence-electron chi connectivity index (χ1n) is 5.78. The van der Waals surface area contributed by atoms with E-state index in [4.69, 9.17) is 5.26 Å². The number of nitriles is 1. The smallest absolute Gasteiger partial charge is 0.256 e. The molecule has 1 N–H and O–H groups in total. The molecule has 5 heteroatoms. The summed E-state index contributed by atoms with van der Waals surface area (Å²) in [6.45, 7) is 1.88. The maximum atomic E-state index is 12.3. The molecule has 1 amide bonds. The van der Waals surface area contributed by atoms with E-state index in [1.165, 1.54) is 0 Å². The fraction of sp³-hybridized carbons (Fsp3) is 0.0667. The minimum absolute atomic E-state index is 0.220. The molecule has 0 aliphatic carbocycles. The third-order valence-electron chi connectivity index (χ3n) is 2.79. The maximum absolute atomic E-state index is 12.3. The molecule has 0 saturated carbocycles. The Hall–Kier alpha value is -1.64. The molecule has 100 valence electrons. The summed E-state index contributed by atoms with van der Waals surface area (Å²) < 4.78 is 1.60. The van der Waals surface area contributed by atoms with Crippen LogP contribution >= 0.6 is 31.9 Å². The predicted molar refractivity (Wildman–Crippen MR) is 85.7 cm³/mol. The fourth-order valence-corrected chi connectivity index (χ4v) is 2.92. The zero-order valence-electron chi connectivity index (χ0n) is 10.6. The quantitative estimate of drug-likeness (QED) is 0.807. The number of nitrogens with one attached hydrogen (secondary N) is 1. The Morgan fingerprint density at radius 2 is 1.95 bits per heavy atom. The molecule has 0 spiro atoms. The number of hydrogen-bond donors (Lipinski definition) is 1. The number of amides is 1. The van der Waals surface area contributed by atoms with Crippen LogP contribution in [-0.4, -0.2) is 5.91 Å². The summed E-state index contributed by atoms with van der Waals surface area (Å²) in [4.78, 5) is 12.3. The largest absolute Gasteiger partial charge is 0.322 e. The number of nitrogens with zero attached hydrogens (tertiary/aromatic N) is 1. The third-order valence-corrected chi connectivity index (χ3v) is 3.94. The number of rotatable bonds is 2. The normalized spacial score (nSPS) is 9.90. The summed E-state index contributed by atoms with van der Waals surface area (Å²) >= 11 is 6.71. The molecule has 0 saturated heterocycles. The van der Waals surface area contributed by atoms with Crippen molar-refractivity contribution in [2.24, 2.45) is 0 Å². The van der Waals surface area contributed by atoms with E-state index in [1.54, 1.807) is 24.3 Å². The summed E-state index contributed by atoms with van der Waals surface area (Å²) in [7, 11) is 0. The van der Waals surface area contributed by atoms with Crippen molar-refractivity contribution in [1.82, 2.24) is 0 Å². The van der Waals surface area contributed by atoms with Gasteiger partial charge < -0.3 is 5.32 Å². The van der Waals surface area contributed by atoms with Gasteiger partial charge in [0.2, 0.25) is 0 Å². The van der Waals surface area contributed by atoms with Crippen LogP contribution in [-0.2, 0) is 0 Å². The van der Waals surface area contributed by atoms with E-state index in [0.717, 1.165) is 10.0 Å². The van der Waals surface area contributed by atoms with Crippen molar-refractivity contribution >= 4 is 43.5 Å². The lowest BCUT2D eigenvalue weighted by molar-refractivity contribution is 0.102. The Morgan fingerprint density at radius 1 is 1.20 bits per heavy atom. The van der Waals surface area contributed by atoms with Crippen LogP contribution in [0, 0.1) is 18.3 Å². The molecule has 0 atom stereocenters. The Balaban J connectivity index is 2.30. The van der Waals surface area contributed by atoms with Crippen molar-refractivity contribution in [3.63, 3.8) is 0 Å². The van der Waals surface area contributed by atoms with E-state index in [2.05, 4.69) is 43.2 Å². The van der Waals surface area contributed by atoms with Gasteiger partial charge in [-0.3, -0.25) is 4.79 Å². The van der Waals surface area contributed by atoms with E-state index < -0.39 is 0 Å². The first kappa shape index (κ1) is 14.8. The predicted octanol–water partition coefficient (Wildman–Crippen LogP) is 4.64. The standard InChI is InChI=1S/C15H10Br2N2O/c1-9-2-3-10(8-18)6-14(9)19-15(20)12-5-4-11(16)7-13(12)17/h2-7H,1H3,(H,19,20). The van der Waals surface area contributed by atoms with E-state index in [1.807, 2.05) is 19.1 Å². The summed E-state index contributed by atoms with van der Waals surface area (Å²) in [5.41, 5.74) is 2.60. The molecule has 0 aliphatic rings. The molecule has 2 aromatic carbocycles. The van der Waals surface area contributed by atoms with Crippen molar-refractivity contribution in [2.75, 3.05) is 5.32 Å². The van der Waals surface area contributed by atoms with Crippen molar-refractivity contribution in [3.8, 4) is 6.07 Å². The Bertz CT molecular complexity index is 720. The summed E-state index contributed by atoms with van der Waals surface area (Å²) in [6.07, 6.45) is 0. The van der Waals surface area contributed by atoms with Crippen LogP contribution in [0.5, 0.6) is 0 Å². The lowest BCUT2D eigenvalue weighted by Gasteiger charge is -2.10. The van der Waals surface area contributed by atoms with Gasteiger partial charge in [-0.05, 0) is 58.7 Å². The summed E-state index contributed by atoms with van der Waals surface area (Å²) in [5, 5.41) is 11.7. The van der Waals surface area contributed by atoms with Crippen LogP contribution in [0.4, 0.5) is 5.69 Å². The molecule has 0 radical (unpaired) electrons. The molecule has 3 nitrogen and oxygen atoms in total. The second-order valence-corrected chi connectivity index (χ2v) is 5.99. The molecular formula is C15H10Br2N2O. The number of aryl methyl sites for hydroxylation is 1. The molecule has 0 heterocycles. The average molecular weight is 394 g/mol. The number of carbonyl (C=O) groups is 1. The zero-order valence-corrected chi connectivity index (χ0v) is 13.7. The molecule has 0 bridgehead atoms. The first-order valence-corrected chi connectivity index (χ1v) is 7.37. The van der Waals surface area contributed by atoms with Gasteiger partial charge >= 0.3 is 0 Å². The van der Waals surface area contributed by atoms with E-state index in [0.29, 0.717) is 21.3 Å². The van der Waals surface area contributed by atoms with Gasteiger partial charge in [0.05, 0.1) is 17.2 Å². The third kappa shape index (κ3) is 3.27. The zero-order chi connectivity index (χ0) is 14.7. The summed E-state index contributed by atoms with van der Waals surface area (Å²) in [6, 6.07) is 12.6. The van der Waals surface area contributed by atoms with Gasteiger partial charge in [0.1, 0.15) is 0 Å². The maximum Gasteiger partial charge on any atom is 0.256 e. The van der Waals surface area contributed by atoms with Crippen molar-refractivity contribution in [1.29, 1.82) is 5.26 Å². The van der Waals surface area contributed by atoms with Gasteiger partial charge in [-0.2, -0.15) is 5.26 Å². The van der Waals surface area contributed by atoms with Gasteiger partial charge in [0.15, 0.2) is 0 Å². The highest BCUT2D eigenvalue weighted by Crippen LogP contribution is 2.24.